The number of anilines is 2. The van der Waals surface area contributed by atoms with Gasteiger partial charge in [-0.3, -0.25) is 4.79 Å². The lowest BCUT2D eigenvalue weighted by Crippen LogP contribution is -2.35. The predicted molar refractivity (Wildman–Crippen MR) is 66.8 cm³/mol. The van der Waals surface area contributed by atoms with E-state index in [-0.39, 0.29) is 24.1 Å². The molecule has 112 valence electrons. The number of hydrogen-bond donors (Lipinski definition) is 2. The Morgan fingerprint density at radius 1 is 1.35 bits per heavy atom. The summed E-state index contributed by atoms with van der Waals surface area (Å²) in [7, 11) is 4.54. The van der Waals surface area contributed by atoms with E-state index < -0.39 is 12.0 Å². The van der Waals surface area contributed by atoms with Gasteiger partial charge in [0.1, 0.15) is 11.6 Å². The van der Waals surface area contributed by atoms with Crippen LogP contribution in [0.15, 0.2) is 6.07 Å². The van der Waals surface area contributed by atoms with Gasteiger partial charge >= 0.3 is 6.18 Å². The van der Waals surface area contributed by atoms with E-state index in [0.717, 1.165) is 0 Å². The highest BCUT2D eigenvalue weighted by Crippen LogP contribution is 2.28. The molecule has 3 N–H and O–H groups in total. The van der Waals surface area contributed by atoms with Crippen LogP contribution < -0.4 is 16.2 Å². The molecule has 1 aromatic heterocycles. The summed E-state index contributed by atoms with van der Waals surface area (Å²) in [5.41, 5.74) is 2.04. The minimum Gasteiger partial charge on any atom is -0.350 e. The number of carbonyl (C=O) groups is 1. The summed E-state index contributed by atoms with van der Waals surface area (Å²) in [4.78, 5) is 20.8. The first kappa shape index (κ1) is 16.0. The fourth-order valence-corrected chi connectivity index (χ4v) is 1.26. The molecule has 0 saturated heterocycles. The van der Waals surface area contributed by atoms with Crippen molar-refractivity contribution in [3.8, 4) is 0 Å². The van der Waals surface area contributed by atoms with E-state index in [1.54, 1.807) is 14.1 Å². The molecule has 0 bridgehead atoms. The van der Waals surface area contributed by atoms with Crippen LogP contribution in [0.25, 0.3) is 0 Å². The Morgan fingerprint density at radius 2 is 1.95 bits per heavy atom. The maximum atomic E-state index is 12.7. The van der Waals surface area contributed by atoms with Crippen molar-refractivity contribution in [2.75, 3.05) is 38.0 Å². The molecule has 0 spiro atoms. The average Bonchev–Trinajstić information content (AvgIpc) is 2.36. The van der Waals surface area contributed by atoms with E-state index in [0.29, 0.717) is 0 Å². The van der Waals surface area contributed by atoms with Crippen LogP contribution in [0, 0.1) is 0 Å². The molecular weight excluding hydrogens is 277 g/mol. The molecule has 10 heteroatoms. The Hall–Kier alpha value is -2.10. The third-order valence-electron chi connectivity index (χ3n) is 2.38. The highest BCUT2D eigenvalue weighted by molar-refractivity contribution is 5.80. The minimum absolute atomic E-state index is 0.0597. The third-order valence-corrected chi connectivity index (χ3v) is 2.38. The van der Waals surface area contributed by atoms with Crippen molar-refractivity contribution in [3.63, 3.8) is 0 Å². The smallest absolute Gasteiger partial charge is 0.350 e. The largest absolute Gasteiger partial charge is 0.451 e. The topological polar surface area (TPSA) is 87.4 Å². The molecule has 0 aliphatic rings. The zero-order chi connectivity index (χ0) is 15.5. The number of nitrogens with two attached hydrogens (primary N) is 1. The number of likely N-dealkylation sites (N-methyl/N-ethyl adjacent to an activating group) is 2. The molecule has 0 radical (unpaired) electrons. The van der Waals surface area contributed by atoms with E-state index in [1.165, 1.54) is 22.9 Å². The fourth-order valence-electron chi connectivity index (χ4n) is 1.26. The first-order valence-electron chi connectivity index (χ1n) is 5.49. The number of nitrogen functional groups attached to an aromatic ring is 1. The van der Waals surface area contributed by atoms with Gasteiger partial charge in [0, 0.05) is 27.2 Å². The summed E-state index contributed by atoms with van der Waals surface area (Å²) in [6, 6.07) is 1.22. The number of halogens is 3. The number of nitrogens with one attached hydrogen (secondary N) is 1. The van der Waals surface area contributed by atoms with Gasteiger partial charge < -0.3 is 15.2 Å². The van der Waals surface area contributed by atoms with E-state index in [4.69, 9.17) is 5.84 Å². The number of carbonyl (C=O) groups excluding carboxylic acids is 1. The van der Waals surface area contributed by atoms with E-state index >= 15 is 0 Å². The molecule has 1 rings (SSSR count). The van der Waals surface area contributed by atoms with Gasteiger partial charge in [0.25, 0.3) is 0 Å². The van der Waals surface area contributed by atoms with Crippen LogP contribution in [0.2, 0.25) is 0 Å². The fraction of sp³-hybridized carbons (Fsp3) is 0.500. The van der Waals surface area contributed by atoms with Crippen LogP contribution in [0.1, 0.15) is 5.82 Å². The van der Waals surface area contributed by atoms with Crippen molar-refractivity contribution >= 4 is 17.5 Å². The normalized spacial score (nSPS) is 11.2. The molecule has 7 nitrogen and oxygen atoms in total. The lowest BCUT2D eigenvalue weighted by molar-refractivity contribution is -0.144. The van der Waals surface area contributed by atoms with Gasteiger partial charge in [0.15, 0.2) is 0 Å². The maximum Gasteiger partial charge on any atom is 0.451 e. The molecule has 20 heavy (non-hydrogen) atoms. The number of rotatable bonds is 4. The number of aromatic nitrogens is 2. The van der Waals surface area contributed by atoms with Gasteiger partial charge in [-0.15, -0.1) is 0 Å². The average molecular weight is 292 g/mol. The molecule has 0 aliphatic heterocycles. The highest BCUT2D eigenvalue weighted by atomic mass is 19.4. The SMILES string of the molecule is CN(C)C(=O)CN(C)c1cc(NN)nc(C(F)(F)F)n1. The summed E-state index contributed by atoms with van der Waals surface area (Å²) in [6.07, 6.45) is -4.70. The number of alkyl halides is 3. The molecule has 1 amide bonds. The van der Waals surface area contributed by atoms with Crippen molar-refractivity contribution in [2.24, 2.45) is 5.84 Å². The lowest BCUT2D eigenvalue weighted by atomic mass is 10.4. The van der Waals surface area contributed by atoms with Crippen molar-refractivity contribution in [2.45, 2.75) is 6.18 Å². The summed E-state index contributed by atoms with van der Waals surface area (Å²) in [5.74, 6) is 3.23. The van der Waals surface area contributed by atoms with Crippen LogP contribution in [0.5, 0.6) is 0 Å². The number of nitrogens with zero attached hydrogens (tertiary/aromatic N) is 4. The van der Waals surface area contributed by atoms with Crippen molar-refractivity contribution in [3.05, 3.63) is 11.9 Å². The molecule has 0 aromatic carbocycles. The molecule has 0 fully saturated rings. The first-order chi connectivity index (χ1) is 9.15. The maximum absolute atomic E-state index is 12.7. The van der Waals surface area contributed by atoms with Gasteiger partial charge in [-0.25, -0.2) is 15.8 Å². The Labute approximate surface area is 113 Å². The van der Waals surface area contributed by atoms with Gasteiger partial charge in [-0.05, 0) is 0 Å². The highest BCUT2D eigenvalue weighted by Gasteiger charge is 2.35. The molecular formula is C10H15F3N6O. The van der Waals surface area contributed by atoms with E-state index in [1.807, 2.05) is 5.43 Å². The molecule has 1 heterocycles. The molecule has 1 aromatic rings. The molecule has 0 aliphatic carbocycles. The zero-order valence-corrected chi connectivity index (χ0v) is 11.2. The van der Waals surface area contributed by atoms with Crippen LogP contribution in [-0.2, 0) is 11.0 Å². The van der Waals surface area contributed by atoms with E-state index in [9.17, 15) is 18.0 Å². The number of hydrazine groups is 1. The van der Waals surface area contributed by atoms with Crippen molar-refractivity contribution in [1.82, 2.24) is 14.9 Å². The quantitative estimate of drug-likeness (QED) is 0.613. The Balaban J connectivity index is 3.08. The van der Waals surface area contributed by atoms with Gasteiger partial charge in [-0.1, -0.05) is 0 Å². The molecule has 0 saturated carbocycles. The predicted octanol–water partition coefficient (Wildman–Crippen LogP) is 0.305. The summed E-state index contributed by atoms with van der Waals surface area (Å²) >= 11 is 0. The number of hydrogen-bond acceptors (Lipinski definition) is 6. The van der Waals surface area contributed by atoms with Gasteiger partial charge in [0.2, 0.25) is 11.7 Å². The molecule has 0 unspecified atom stereocenters. The third kappa shape index (κ3) is 3.95. The van der Waals surface area contributed by atoms with Gasteiger partial charge in [-0.2, -0.15) is 13.2 Å². The Kier molecular flexibility index (Phi) is 4.71. The second kappa shape index (κ2) is 5.90. The zero-order valence-electron chi connectivity index (χ0n) is 11.2. The van der Waals surface area contributed by atoms with Crippen LogP contribution in [0.4, 0.5) is 24.8 Å². The van der Waals surface area contributed by atoms with Crippen LogP contribution in [0.3, 0.4) is 0 Å². The Morgan fingerprint density at radius 3 is 2.40 bits per heavy atom. The van der Waals surface area contributed by atoms with Gasteiger partial charge in [0.05, 0.1) is 6.54 Å². The summed E-state index contributed by atoms with van der Waals surface area (Å²) in [5, 5.41) is 0. The lowest BCUT2D eigenvalue weighted by Gasteiger charge is -2.21. The van der Waals surface area contributed by atoms with Crippen LogP contribution >= 0.6 is 0 Å². The van der Waals surface area contributed by atoms with E-state index in [2.05, 4.69) is 9.97 Å². The summed E-state index contributed by atoms with van der Waals surface area (Å²) < 4.78 is 38.0. The van der Waals surface area contributed by atoms with Crippen LogP contribution in [-0.4, -0.2) is 48.5 Å². The second-order valence-electron chi connectivity index (χ2n) is 4.22. The Bertz CT molecular complexity index is 490. The van der Waals surface area contributed by atoms with Crippen molar-refractivity contribution < 1.29 is 18.0 Å². The van der Waals surface area contributed by atoms with Crippen molar-refractivity contribution in [1.29, 1.82) is 0 Å². The minimum atomic E-state index is -4.70. The standard InChI is InChI=1S/C10H15F3N6O/c1-18(2)8(20)5-19(3)7-4-6(17-14)15-9(16-7)10(11,12)13/h4H,5,14H2,1-3H3,(H,15,16,17). The first-order valence-corrected chi connectivity index (χ1v) is 5.49. The second-order valence-corrected chi connectivity index (χ2v) is 4.22. The molecule has 0 atom stereocenters. The summed E-state index contributed by atoms with van der Waals surface area (Å²) in [6.45, 7) is -0.120. The monoisotopic (exact) mass is 292 g/mol. The number of amides is 1.